The number of hydrogen-bond acceptors (Lipinski definition) is 6. The fraction of sp³-hybridized carbons (Fsp3) is 0.562. The van der Waals surface area contributed by atoms with Crippen LogP contribution < -0.4 is 5.32 Å². The van der Waals surface area contributed by atoms with Crippen LogP contribution in [0.1, 0.15) is 31.9 Å². The van der Waals surface area contributed by atoms with Gasteiger partial charge < -0.3 is 24.4 Å². The number of amides is 1. The fourth-order valence-electron chi connectivity index (χ4n) is 2.21. The molecule has 1 aromatic carbocycles. The van der Waals surface area contributed by atoms with Crippen molar-refractivity contribution in [2.75, 3.05) is 6.61 Å². The van der Waals surface area contributed by atoms with Crippen LogP contribution in [0.25, 0.3) is 0 Å². The third kappa shape index (κ3) is 6.09. The van der Waals surface area contributed by atoms with Crippen molar-refractivity contribution in [3.05, 3.63) is 35.4 Å². The smallest absolute Gasteiger partial charge is 0.408 e. The van der Waals surface area contributed by atoms with E-state index in [1.807, 2.05) is 31.2 Å². The average Bonchev–Trinajstić information content (AvgIpc) is 2.83. The molecule has 3 atom stereocenters. The number of alkyl carbamates (subject to hydrolysis) is 1. The molecule has 1 amide bonds. The fourth-order valence-corrected chi connectivity index (χ4v) is 3.10. The summed E-state index contributed by atoms with van der Waals surface area (Å²) in [5.41, 5.74) is 1.87. The van der Waals surface area contributed by atoms with Crippen molar-refractivity contribution < 1.29 is 33.0 Å². The van der Waals surface area contributed by atoms with Gasteiger partial charge in [-0.25, -0.2) is 4.79 Å². The highest BCUT2D eigenvalue weighted by Crippen LogP contribution is 2.48. The molecule has 0 spiro atoms. The third-order valence-electron chi connectivity index (χ3n) is 3.52. The van der Waals surface area contributed by atoms with Crippen LogP contribution in [0, 0.1) is 6.92 Å². The van der Waals surface area contributed by atoms with Crippen LogP contribution >= 0.6 is 7.60 Å². The Bertz CT molecular complexity index is 664. The van der Waals surface area contributed by atoms with Crippen molar-refractivity contribution in [2.45, 2.75) is 52.2 Å². The van der Waals surface area contributed by atoms with Gasteiger partial charge in [0.15, 0.2) is 12.1 Å². The zero-order chi connectivity index (χ0) is 18.7. The highest BCUT2D eigenvalue weighted by molar-refractivity contribution is 7.53. The Kier molecular flexibility index (Phi) is 6.24. The predicted octanol–water partition coefficient (Wildman–Crippen LogP) is 2.88. The Morgan fingerprint density at radius 1 is 1.52 bits per heavy atom. The molecule has 1 aromatic rings. The van der Waals surface area contributed by atoms with Crippen LogP contribution in [-0.2, 0) is 29.9 Å². The summed E-state index contributed by atoms with van der Waals surface area (Å²) in [5, 5.41) is 2.30. The highest BCUT2D eigenvalue weighted by Gasteiger charge is 2.40. The summed E-state index contributed by atoms with van der Waals surface area (Å²) < 4.78 is 33.0. The Balaban J connectivity index is 1.82. The first-order valence-electron chi connectivity index (χ1n) is 7.89. The molecule has 1 aliphatic heterocycles. The van der Waals surface area contributed by atoms with E-state index in [1.165, 1.54) is 6.92 Å². The number of carbonyl (C=O) groups is 1. The molecule has 2 N–H and O–H groups in total. The first-order chi connectivity index (χ1) is 11.6. The van der Waals surface area contributed by atoms with Crippen molar-refractivity contribution in [1.29, 1.82) is 0 Å². The normalized spacial score (nSPS) is 22.8. The second kappa shape index (κ2) is 7.85. The number of hydrogen-bond donors (Lipinski definition) is 2. The topological polar surface area (TPSA) is 103 Å². The zero-order valence-corrected chi connectivity index (χ0v) is 15.6. The minimum Gasteiger partial charge on any atom is -0.445 e. The lowest BCUT2D eigenvalue weighted by Gasteiger charge is -2.23. The van der Waals surface area contributed by atoms with Crippen molar-refractivity contribution in [3.8, 4) is 0 Å². The zero-order valence-electron chi connectivity index (χ0n) is 14.7. The lowest BCUT2D eigenvalue weighted by molar-refractivity contribution is -0.168. The SMILES string of the molecule is Cc1cccc(COC(=O)NC(C)P(=O)(O)OC2COC(C)(C)O2)c1. The molecule has 0 radical (unpaired) electrons. The van der Waals surface area contributed by atoms with Gasteiger partial charge in [0.05, 0.1) is 0 Å². The minimum atomic E-state index is -4.16. The van der Waals surface area contributed by atoms with E-state index >= 15 is 0 Å². The van der Waals surface area contributed by atoms with Gasteiger partial charge in [0.2, 0.25) is 0 Å². The van der Waals surface area contributed by atoms with Gasteiger partial charge in [-0.05, 0) is 33.3 Å². The molecule has 1 aliphatic rings. The largest absolute Gasteiger partial charge is 0.445 e. The third-order valence-corrected chi connectivity index (χ3v) is 5.16. The Morgan fingerprint density at radius 3 is 2.84 bits per heavy atom. The lowest BCUT2D eigenvalue weighted by atomic mass is 10.1. The van der Waals surface area contributed by atoms with E-state index in [9.17, 15) is 14.3 Å². The Morgan fingerprint density at radius 2 is 2.24 bits per heavy atom. The maximum Gasteiger partial charge on any atom is 0.408 e. The Hall–Kier alpha value is -1.44. The molecule has 2 rings (SSSR count). The minimum absolute atomic E-state index is 0.0298. The van der Waals surface area contributed by atoms with Crippen LogP contribution in [0.4, 0.5) is 4.79 Å². The molecule has 0 bridgehead atoms. The van der Waals surface area contributed by atoms with Crippen molar-refractivity contribution >= 4 is 13.7 Å². The summed E-state index contributed by atoms with van der Waals surface area (Å²) in [6, 6.07) is 7.50. The van der Waals surface area contributed by atoms with Gasteiger partial charge in [-0.2, -0.15) is 0 Å². The molecule has 3 unspecified atom stereocenters. The van der Waals surface area contributed by atoms with Crippen molar-refractivity contribution in [3.63, 3.8) is 0 Å². The molecular weight excluding hydrogens is 349 g/mol. The van der Waals surface area contributed by atoms with Gasteiger partial charge in [-0.15, -0.1) is 0 Å². The maximum absolute atomic E-state index is 12.3. The van der Waals surface area contributed by atoms with Gasteiger partial charge in [0, 0.05) is 0 Å². The Labute approximate surface area is 146 Å². The van der Waals surface area contributed by atoms with Gasteiger partial charge in [-0.3, -0.25) is 9.09 Å². The number of ether oxygens (including phenoxy) is 3. The van der Waals surface area contributed by atoms with Crippen LogP contribution in [0.15, 0.2) is 24.3 Å². The van der Waals surface area contributed by atoms with Crippen LogP contribution in [0.2, 0.25) is 0 Å². The number of benzene rings is 1. The van der Waals surface area contributed by atoms with E-state index in [1.54, 1.807) is 13.8 Å². The van der Waals surface area contributed by atoms with E-state index in [0.717, 1.165) is 11.1 Å². The van der Waals surface area contributed by atoms with Crippen molar-refractivity contribution in [1.82, 2.24) is 5.32 Å². The number of rotatable bonds is 6. The van der Waals surface area contributed by atoms with E-state index < -0.39 is 31.5 Å². The first-order valence-corrected chi connectivity index (χ1v) is 9.53. The first kappa shape index (κ1) is 19.9. The molecular formula is C16H24NO7P. The molecule has 1 fully saturated rings. The molecule has 9 heteroatoms. The quantitative estimate of drug-likeness (QED) is 0.739. The number of aryl methyl sites for hydroxylation is 1. The maximum atomic E-state index is 12.3. The molecule has 1 saturated heterocycles. The highest BCUT2D eigenvalue weighted by atomic mass is 31.2. The summed E-state index contributed by atoms with van der Waals surface area (Å²) >= 11 is 0. The second-order valence-corrected chi connectivity index (χ2v) is 8.43. The van der Waals surface area contributed by atoms with Gasteiger partial charge in [-0.1, -0.05) is 29.8 Å². The molecule has 0 saturated carbocycles. The molecule has 25 heavy (non-hydrogen) atoms. The summed E-state index contributed by atoms with van der Waals surface area (Å²) in [6.45, 7) is 6.72. The summed E-state index contributed by atoms with van der Waals surface area (Å²) in [4.78, 5) is 21.8. The summed E-state index contributed by atoms with van der Waals surface area (Å²) in [7, 11) is -4.16. The van der Waals surface area contributed by atoms with Crippen LogP contribution in [-0.4, -0.2) is 35.5 Å². The molecule has 0 aromatic heterocycles. The molecule has 140 valence electrons. The molecule has 0 aliphatic carbocycles. The van der Waals surface area contributed by atoms with E-state index in [4.69, 9.17) is 18.7 Å². The van der Waals surface area contributed by atoms with Gasteiger partial charge >= 0.3 is 13.7 Å². The van der Waals surface area contributed by atoms with E-state index in [2.05, 4.69) is 5.32 Å². The monoisotopic (exact) mass is 373 g/mol. The van der Waals surface area contributed by atoms with Crippen LogP contribution in [0.5, 0.6) is 0 Å². The standard InChI is InChI=1S/C16H24NO7P/c1-11-6-5-7-13(8-11)9-21-15(18)17-12(2)25(19,20)24-14-10-22-16(3,4)23-14/h5-8,12,14H,9-10H2,1-4H3,(H,17,18)(H,19,20). The molecule has 8 nitrogen and oxygen atoms in total. The summed E-state index contributed by atoms with van der Waals surface area (Å²) in [5.74, 6) is -2.04. The summed E-state index contributed by atoms with van der Waals surface area (Å²) in [6.07, 6.45) is -1.78. The van der Waals surface area contributed by atoms with Gasteiger partial charge in [0.25, 0.3) is 0 Å². The number of nitrogens with one attached hydrogen (secondary N) is 1. The lowest BCUT2D eigenvalue weighted by Crippen LogP contribution is -2.34. The van der Waals surface area contributed by atoms with E-state index in [0.29, 0.717) is 0 Å². The number of carbonyl (C=O) groups excluding carboxylic acids is 1. The van der Waals surface area contributed by atoms with Gasteiger partial charge in [0.1, 0.15) is 19.0 Å². The van der Waals surface area contributed by atoms with Crippen molar-refractivity contribution in [2.24, 2.45) is 0 Å². The second-order valence-electron chi connectivity index (χ2n) is 6.31. The van der Waals surface area contributed by atoms with E-state index in [-0.39, 0.29) is 13.2 Å². The molecule has 1 heterocycles. The van der Waals surface area contributed by atoms with Crippen LogP contribution in [0.3, 0.4) is 0 Å². The average molecular weight is 373 g/mol. The predicted molar refractivity (Wildman–Crippen MR) is 89.8 cm³/mol.